The lowest BCUT2D eigenvalue weighted by molar-refractivity contribution is -0.154. The van der Waals surface area contributed by atoms with Gasteiger partial charge in [-0.1, -0.05) is 19.8 Å². The monoisotopic (exact) mass is 186 g/mol. The normalized spacial score (nSPS) is 31.2. The second-order valence-electron chi connectivity index (χ2n) is 4.01. The number of ether oxygens (including phenoxy) is 1. The van der Waals surface area contributed by atoms with Crippen molar-refractivity contribution in [1.82, 2.24) is 0 Å². The molecule has 13 heavy (non-hydrogen) atoms. The van der Waals surface area contributed by atoms with Crippen molar-refractivity contribution in [2.45, 2.75) is 51.7 Å². The molecule has 0 aromatic carbocycles. The molecule has 3 nitrogen and oxygen atoms in total. The zero-order chi connectivity index (χ0) is 9.84. The van der Waals surface area contributed by atoms with E-state index in [9.17, 15) is 4.79 Å². The van der Waals surface area contributed by atoms with Crippen molar-refractivity contribution in [3.05, 3.63) is 0 Å². The van der Waals surface area contributed by atoms with Gasteiger partial charge in [-0.2, -0.15) is 0 Å². The van der Waals surface area contributed by atoms with Crippen LogP contribution in [-0.4, -0.2) is 23.3 Å². The Balaban J connectivity index is 2.31. The first-order valence-corrected chi connectivity index (χ1v) is 4.98. The molecule has 0 spiro atoms. The van der Waals surface area contributed by atoms with Crippen LogP contribution in [0.15, 0.2) is 0 Å². The van der Waals surface area contributed by atoms with Crippen LogP contribution in [0.25, 0.3) is 0 Å². The number of hydrogen-bond acceptors (Lipinski definition) is 2. The molecule has 3 atom stereocenters. The Bertz CT molecular complexity index is 179. The summed E-state index contributed by atoms with van der Waals surface area (Å²) in [6, 6.07) is 0. The molecule has 1 saturated carbocycles. The van der Waals surface area contributed by atoms with Crippen LogP contribution < -0.4 is 0 Å². The second kappa shape index (κ2) is 4.61. The molecule has 0 bridgehead atoms. The van der Waals surface area contributed by atoms with Gasteiger partial charge >= 0.3 is 5.97 Å². The topological polar surface area (TPSA) is 46.5 Å². The molecule has 0 radical (unpaired) electrons. The van der Waals surface area contributed by atoms with Gasteiger partial charge in [0.05, 0.1) is 6.10 Å². The first-order chi connectivity index (χ1) is 6.09. The Kier molecular flexibility index (Phi) is 3.72. The second-order valence-corrected chi connectivity index (χ2v) is 4.01. The average Bonchev–Trinajstić information content (AvgIpc) is 2.04. The van der Waals surface area contributed by atoms with Gasteiger partial charge in [-0.25, -0.2) is 4.79 Å². The van der Waals surface area contributed by atoms with Gasteiger partial charge in [-0.05, 0) is 25.7 Å². The molecule has 0 aromatic rings. The molecule has 0 aromatic heterocycles. The lowest BCUT2D eigenvalue weighted by atomic mass is 9.88. The van der Waals surface area contributed by atoms with Crippen molar-refractivity contribution in [2.75, 3.05) is 0 Å². The Labute approximate surface area is 79.1 Å². The van der Waals surface area contributed by atoms with E-state index in [2.05, 4.69) is 6.92 Å². The highest BCUT2D eigenvalue weighted by molar-refractivity contribution is 5.71. The van der Waals surface area contributed by atoms with Gasteiger partial charge in [-0.15, -0.1) is 0 Å². The summed E-state index contributed by atoms with van der Waals surface area (Å²) in [6.45, 7) is 3.79. The van der Waals surface area contributed by atoms with Crippen molar-refractivity contribution >= 4 is 5.97 Å². The number of carboxylic acid groups (broad SMARTS) is 1. The summed E-state index contributed by atoms with van der Waals surface area (Å²) in [5.41, 5.74) is 0. The molecule has 1 rings (SSSR count). The van der Waals surface area contributed by atoms with E-state index in [1.165, 1.54) is 6.42 Å². The van der Waals surface area contributed by atoms with E-state index >= 15 is 0 Å². The van der Waals surface area contributed by atoms with Crippen LogP contribution in [0.5, 0.6) is 0 Å². The Hall–Kier alpha value is -0.570. The van der Waals surface area contributed by atoms with E-state index in [1.807, 2.05) is 0 Å². The van der Waals surface area contributed by atoms with Gasteiger partial charge in [0.15, 0.2) is 6.10 Å². The fraction of sp³-hybridized carbons (Fsp3) is 0.900. The third-order valence-electron chi connectivity index (χ3n) is 2.63. The zero-order valence-corrected chi connectivity index (χ0v) is 8.32. The van der Waals surface area contributed by atoms with Crippen molar-refractivity contribution < 1.29 is 14.6 Å². The standard InChI is InChI=1S/C10H18O3/c1-7-4-3-5-9(6-7)13-8(2)10(11)12/h7-9H,3-6H2,1-2H3,(H,11,12)/t7?,8-,9?/m0/s1. The maximum atomic E-state index is 10.5. The molecular formula is C10H18O3. The Morgan fingerprint density at radius 2 is 2.23 bits per heavy atom. The van der Waals surface area contributed by atoms with Crippen LogP contribution >= 0.6 is 0 Å². The van der Waals surface area contributed by atoms with Gasteiger partial charge in [0, 0.05) is 0 Å². The quantitative estimate of drug-likeness (QED) is 0.733. The van der Waals surface area contributed by atoms with Crippen LogP contribution in [0.3, 0.4) is 0 Å². The van der Waals surface area contributed by atoms with E-state index in [0.29, 0.717) is 5.92 Å². The van der Waals surface area contributed by atoms with Crippen molar-refractivity contribution in [1.29, 1.82) is 0 Å². The molecular weight excluding hydrogens is 168 g/mol. The number of carbonyl (C=O) groups is 1. The van der Waals surface area contributed by atoms with Crippen LogP contribution in [0, 0.1) is 5.92 Å². The summed E-state index contributed by atoms with van der Waals surface area (Å²) in [7, 11) is 0. The van der Waals surface area contributed by atoms with Crippen LogP contribution in [0.1, 0.15) is 39.5 Å². The lowest BCUT2D eigenvalue weighted by Gasteiger charge is -2.28. The van der Waals surface area contributed by atoms with Gasteiger partial charge < -0.3 is 9.84 Å². The van der Waals surface area contributed by atoms with Gasteiger partial charge in [-0.3, -0.25) is 0 Å². The summed E-state index contributed by atoms with van der Waals surface area (Å²) in [6.07, 6.45) is 3.95. The number of aliphatic carboxylic acids is 1. The molecule has 3 heteroatoms. The fourth-order valence-corrected chi connectivity index (χ4v) is 1.85. The van der Waals surface area contributed by atoms with E-state index < -0.39 is 12.1 Å². The van der Waals surface area contributed by atoms with E-state index in [-0.39, 0.29) is 6.10 Å². The predicted molar refractivity (Wildman–Crippen MR) is 49.6 cm³/mol. The lowest BCUT2D eigenvalue weighted by Crippen LogP contribution is -2.29. The van der Waals surface area contributed by atoms with Crippen molar-refractivity contribution in [3.63, 3.8) is 0 Å². The van der Waals surface area contributed by atoms with E-state index in [1.54, 1.807) is 6.92 Å². The highest BCUT2D eigenvalue weighted by Crippen LogP contribution is 2.26. The summed E-state index contributed by atoms with van der Waals surface area (Å²) < 4.78 is 5.42. The zero-order valence-electron chi connectivity index (χ0n) is 8.32. The van der Waals surface area contributed by atoms with Gasteiger partial charge in [0.25, 0.3) is 0 Å². The van der Waals surface area contributed by atoms with E-state index in [4.69, 9.17) is 9.84 Å². The Morgan fingerprint density at radius 3 is 2.77 bits per heavy atom. The minimum atomic E-state index is -0.863. The summed E-state index contributed by atoms with van der Waals surface area (Å²) in [5.74, 6) is -0.182. The molecule has 0 aliphatic heterocycles. The van der Waals surface area contributed by atoms with E-state index in [0.717, 1.165) is 19.3 Å². The summed E-state index contributed by atoms with van der Waals surface area (Å²) >= 11 is 0. The molecule has 0 heterocycles. The molecule has 1 aliphatic carbocycles. The highest BCUT2D eigenvalue weighted by Gasteiger charge is 2.23. The predicted octanol–water partition coefficient (Wildman–Crippen LogP) is 2.05. The molecule has 1 N–H and O–H groups in total. The first kappa shape index (κ1) is 10.5. The highest BCUT2D eigenvalue weighted by atomic mass is 16.5. The molecule has 76 valence electrons. The van der Waals surface area contributed by atoms with Crippen LogP contribution in [0.4, 0.5) is 0 Å². The van der Waals surface area contributed by atoms with Gasteiger partial charge in [0.1, 0.15) is 0 Å². The fourth-order valence-electron chi connectivity index (χ4n) is 1.85. The maximum Gasteiger partial charge on any atom is 0.332 e. The molecule has 1 fully saturated rings. The number of hydrogen-bond donors (Lipinski definition) is 1. The van der Waals surface area contributed by atoms with Crippen LogP contribution in [0.2, 0.25) is 0 Å². The Morgan fingerprint density at radius 1 is 1.54 bits per heavy atom. The minimum absolute atomic E-state index is 0.162. The SMILES string of the molecule is CC1CCCC(O[C@@H](C)C(=O)O)C1. The maximum absolute atomic E-state index is 10.5. The minimum Gasteiger partial charge on any atom is -0.479 e. The van der Waals surface area contributed by atoms with Crippen molar-refractivity contribution in [3.8, 4) is 0 Å². The molecule has 0 amide bonds. The summed E-state index contributed by atoms with van der Waals surface area (Å²) in [4.78, 5) is 10.5. The smallest absolute Gasteiger partial charge is 0.332 e. The molecule has 0 saturated heterocycles. The molecule has 1 aliphatic rings. The molecule has 2 unspecified atom stereocenters. The van der Waals surface area contributed by atoms with Gasteiger partial charge in [0.2, 0.25) is 0 Å². The average molecular weight is 186 g/mol. The number of rotatable bonds is 3. The third kappa shape index (κ3) is 3.35. The van der Waals surface area contributed by atoms with Crippen molar-refractivity contribution in [2.24, 2.45) is 5.92 Å². The number of carboxylic acids is 1. The van der Waals surface area contributed by atoms with Crippen LogP contribution in [-0.2, 0) is 9.53 Å². The third-order valence-corrected chi connectivity index (χ3v) is 2.63. The largest absolute Gasteiger partial charge is 0.479 e. The first-order valence-electron chi connectivity index (χ1n) is 4.98. The summed E-state index contributed by atoms with van der Waals surface area (Å²) in [5, 5.41) is 8.65.